The van der Waals surface area contributed by atoms with Gasteiger partial charge in [-0.2, -0.15) is 5.26 Å². The van der Waals surface area contributed by atoms with Gasteiger partial charge in [0.2, 0.25) is 11.8 Å². The highest BCUT2D eigenvalue weighted by Crippen LogP contribution is 2.30. The summed E-state index contributed by atoms with van der Waals surface area (Å²) in [5.41, 5.74) is 1.83. The number of hydrogen-bond donors (Lipinski definition) is 3. The van der Waals surface area contributed by atoms with E-state index < -0.39 is 6.04 Å². The van der Waals surface area contributed by atoms with Crippen molar-refractivity contribution < 1.29 is 28.2 Å². The fourth-order valence-electron chi connectivity index (χ4n) is 7.90. The van der Waals surface area contributed by atoms with Gasteiger partial charge in [0.25, 0.3) is 5.91 Å². The number of carbonyl (C=O) groups excluding carboxylic acids is 3. The molecule has 1 aromatic heterocycles. The Morgan fingerprint density at radius 2 is 1.69 bits per heavy atom. The van der Waals surface area contributed by atoms with E-state index in [1.54, 1.807) is 36.4 Å². The Hall–Kier alpha value is -5.49. The maximum Gasteiger partial charge on any atom is 0.272 e. The molecule has 15 heteroatoms. The molecule has 3 amide bonds. The van der Waals surface area contributed by atoms with Crippen molar-refractivity contribution in [2.45, 2.75) is 75.6 Å². The first-order valence-electron chi connectivity index (χ1n) is 18.8. The van der Waals surface area contributed by atoms with Crippen LogP contribution in [0.15, 0.2) is 48.5 Å². The zero-order valence-electron chi connectivity index (χ0n) is 30.4. The number of halogens is 1. The van der Waals surface area contributed by atoms with E-state index in [0.29, 0.717) is 46.6 Å². The molecule has 3 aliphatic heterocycles. The molecule has 4 fully saturated rings. The van der Waals surface area contributed by atoms with Crippen LogP contribution >= 0.6 is 0 Å². The number of piperazine rings is 1. The molecule has 2 aromatic carbocycles. The van der Waals surface area contributed by atoms with Gasteiger partial charge >= 0.3 is 0 Å². The predicted molar refractivity (Wildman–Crippen MR) is 199 cm³/mol. The highest BCUT2D eigenvalue weighted by Gasteiger charge is 2.30. The van der Waals surface area contributed by atoms with Crippen LogP contribution in [0.3, 0.4) is 0 Å². The third kappa shape index (κ3) is 8.65. The number of ether oxygens (including phenoxy) is 2. The molecule has 1 aliphatic carbocycles. The summed E-state index contributed by atoms with van der Waals surface area (Å²) in [6.45, 7) is 4.78. The first-order chi connectivity index (χ1) is 26.3. The van der Waals surface area contributed by atoms with Crippen LogP contribution in [0, 0.1) is 17.1 Å². The fraction of sp³-hybridized carbons (Fsp3) is 0.487. The summed E-state index contributed by atoms with van der Waals surface area (Å²) in [5.74, 6) is 0.682. The maximum atomic E-state index is 15.2. The van der Waals surface area contributed by atoms with Gasteiger partial charge in [0.15, 0.2) is 11.5 Å². The van der Waals surface area contributed by atoms with E-state index in [1.165, 1.54) is 13.2 Å². The predicted octanol–water partition coefficient (Wildman–Crippen LogP) is 3.62. The minimum atomic E-state index is -0.557. The number of benzene rings is 2. The molecular weight excluding hydrogens is 693 g/mol. The summed E-state index contributed by atoms with van der Waals surface area (Å²) < 4.78 is 26.6. The second-order valence-corrected chi connectivity index (χ2v) is 14.4. The van der Waals surface area contributed by atoms with E-state index >= 15 is 4.39 Å². The van der Waals surface area contributed by atoms with Gasteiger partial charge in [0.05, 0.1) is 24.5 Å². The Labute approximate surface area is 314 Å². The van der Waals surface area contributed by atoms with E-state index in [1.807, 2.05) is 6.07 Å². The second-order valence-electron chi connectivity index (χ2n) is 14.4. The van der Waals surface area contributed by atoms with Crippen LogP contribution < -0.4 is 35.2 Å². The van der Waals surface area contributed by atoms with E-state index in [0.717, 1.165) is 83.6 Å². The number of aromatic nitrogens is 2. The quantitative estimate of drug-likeness (QED) is 0.259. The standard InChI is InChI=1S/C39H46FN9O5/c1-53-35-23-30(6-2-25(35)24-41)54-29-7-3-26(4-8-29)43-39(52)33-9-12-36(46-45-33)49-16-14-28(15-17-49)47-18-20-48(21-19-47)34-11-5-27(22-31(34)40)42-32-10-13-37(50)44-38(32)51/h2,5-6,9,11-12,22-23,26,28-29,32,42H,3-4,7-8,10,13-21H2,1H3,(H,43,52)(H,44,50,51). The molecule has 3 saturated heterocycles. The molecule has 1 unspecified atom stereocenters. The number of nitrogens with zero attached hydrogens (tertiary/aromatic N) is 6. The Morgan fingerprint density at radius 3 is 2.35 bits per heavy atom. The van der Waals surface area contributed by atoms with Crippen molar-refractivity contribution >= 4 is 34.9 Å². The zero-order chi connectivity index (χ0) is 37.6. The van der Waals surface area contributed by atoms with Crippen LogP contribution in [0.5, 0.6) is 11.5 Å². The summed E-state index contributed by atoms with van der Waals surface area (Å²) in [7, 11) is 1.53. The van der Waals surface area contributed by atoms with Crippen molar-refractivity contribution in [3.05, 3.63) is 65.6 Å². The molecule has 1 atom stereocenters. The van der Waals surface area contributed by atoms with Crippen molar-refractivity contribution in [2.75, 3.05) is 61.5 Å². The third-order valence-electron chi connectivity index (χ3n) is 11.0. The van der Waals surface area contributed by atoms with Crippen LogP contribution in [0.4, 0.5) is 21.6 Å². The average molecular weight is 740 g/mol. The number of hydrogen-bond acceptors (Lipinski definition) is 12. The lowest BCUT2D eigenvalue weighted by atomic mass is 9.92. The van der Waals surface area contributed by atoms with E-state index in [9.17, 15) is 19.6 Å². The van der Waals surface area contributed by atoms with Crippen LogP contribution in [0.2, 0.25) is 0 Å². The first-order valence-corrected chi connectivity index (χ1v) is 18.8. The van der Waals surface area contributed by atoms with Gasteiger partial charge in [-0.1, -0.05) is 0 Å². The SMILES string of the molecule is COc1cc(OC2CCC(NC(=O)c3ccc(N4CCC(N5CCN(c6ccc(NC7CCC(=O)NC7=O)cc6F)CC5)CC4)nn3)CC2)ccc1C#N. The molecule has 0 spiro atoms. The number of carbonyl (C=O) groups is 3. The molecule has 14 nitrogen and oxygen atoms in total. The Balaban J connectivity index is 0.820. The minimum absolute atomic E-state index is 0.0236. The van der Waals surface area contributed by atoms with Gasteiger partial charge < -0.3 is 29.9 Å². The summed E-state index contributed by atoms with van der Waals surface area (Å²) in [6.07, 6.45) is 5.78. The number of rotatable bonds is 10. The summed E-state index contributed by atoms with van der Waals surface area (Å²) in [6, 6.07) is 15.8. The Bertz CT molecular complexity index is 1860. The van der Waals surface area contributed by atoms with Crippen LogP contribution in [-0.2, 0) is 9.59 Å². The number of nitriles is 1. The molecule has 0 radical (unpaired) electrons. The summed E-state index contributed by atoms with van der Waals surface area (Å²) in [4.78, 5) is 43.3. The van der Waals surface area contributed by atoms with Crippen LogP contribution in [0.1, 0.15) is 67.4 Å². The highest BCUT2D eigenvalue weighted by atomic mass is 19.1. The van der Waals surface area contributed by atoms with E-state index in [2.05, 4.69) is 46.9 Å². The average Bonchev–Trinajstić information content (AvgIpc) is 3.20. The molecule has 1 saturated carbocycles. The van der Waals surface area contributed by atoms with E-state index in [-0.39, 0.29) is 42.1 Å². The van der Waals surface area contributed by atoms with Crippen molar-refractivity contribution in [3.63, 3.8) is 0 Å². The molecule has 284 valence electrons. The number of piperidine rings is 2. The maximum absolute atomic E-state index is 15.2. The molecule has 3 aromatic rings. The lowest BCUT2D eigenvalue weighted by Gasteiger charge is -2.43. The van der Waals surface area contributed by atoms with Gasteiger partial charge in [-0.25, -0.2) is 4.39 Å². The largest absolute Gasteiger partial charge is 0.495 e. The summed E-state index contributed by atoms with van der Waals surface area (Å²) in [5, 5.41) is 26.4. The van der Waals surface area contributed by atoms with Crippen molar-refractivity contribution in [3.8, 4) is 17.6 Å². The van der Waals surface area contributed by atoms with Gasteiger partial charge in [-0.15, -0.1) is 10.2 Å². The number of methoxy groups -OCH3 is 1. The highest BCUT2D eigenvalue weighted by molar-refractivity contribution is 6.01. The van der Waals surface area contributed by atoms with Crippen LogP contribution in [-0.4, -0.2) is 103 Å². The van der Waals surface area contributed by atoms with Crippen LogP contribution in [0.25, 0.3) is 0 Å². The molecule has 4 heterocycles. The topological polar surface area (TPSA) is 165 Å². The monoisotopic (exact) mass is 739 g/mol. The minimum Gasteiger partial charge on any atom is -0.495 e. The van der Waals surface area contributed by atoms with E-state index in [4.69, 9.17) is 9.47 Å². The molecule has 4 aliphatic rings. The van der Waals surface area contributed by atoms with Crippen molar-refractivity contribution in [1.82, 2.24) is 25.7 Å². The molecule has 3 N–H and O–H groups in total. The number of anilines is 3. The Morgan fingerprint density at radius 1 is 0.907 bits per heavy atom. The number of imide groups is 1. The molecule has 54 heavy (non-hydrogen) atoms. The lowest BCUT2D eigenvalue weighted by Crippen LogP contribution is -2.53. The van der Waals surface area contributed by atoms with Gasteiger partial charge in [-0.3, -0.25) is 24.6 Å². The molecule has 0 bridgehead atoms. The van der Waals surface area contributed by atoms with Gasteiger partial charge in [0.1, 0.15) is 29.4 Å². The lowest BCUT2D eigenvalue weighted by molar-refractivity contribution is -0.133. The van der Waals surface area contributed by atoms with Crippen molar-refractivity contribution in [1.29, 1.82) is 5.26 Å². The van der Waals surface area contributed by atoms with Gasteiger partial charge in [-0.05, 0) is 87.4 Å². The number of nitrogens with one attached hydrogen (secondary N) is 3. The second kappa shape index (κ2) is 16.7. The molecular formula is C39H46FN9O5. The third-order valence-corrected chi connectivity index (χ3v) is 11.0. The van der Waals surface area contributed by atoms with Gasteiger partial charge in [0, 0.05) is 69.5 Å². The first kappa shape index (κ1) is 36.9. The fourth-order valence-corrected chi connectivity index (χ4v) is 7.90. The molecule has 7 rings (SSSR count). The van der Waals surface area contributed by atoms with Crippen molar-refractivity contribution in [2.24, 2.45) is 0 Å². The number of amides is 3. The zero-order valence-corrected chi connectivity index (χ0v) is 30.4. The Kier molecular flexibility index (Phi) is 11.4. The normalized spacial score (nSPS) is 22.6. The smallest absolute Gasteiger partial charge is 0.272 e. The summed E-state index contributed by atoms with van der Waals surface area (Å²) >= 11 is 0.